The van der Waals surface area contributed by atoms with E-state index >= 15 is 0 Å². The molecule has 1 fully saturated rings. The van der Waals surface area contributed by atoms with Crippen molar-refractivity contribution in [2.24, 2.45) is 5.92 Å². The fraction of sp³-hybridized carbons (Fsp3) is 0.500. The van der Waals surface area contributed by atoms with Crippen molar-refractivity contribution in [1.29, 1.82) is 0 Å². The van der Waals surface area contributed by atoms with Crippen molar-refractivity contribution in [3.05, 3.63) is 45.9 Å². The number of carbonyl (C=O) groups is 4. The molecule has 2 amide bonds. The van der Waals surface area contributed by atoms with Crippen molar-refractivity contribution in [2.75, 3.05) is 58.2 Å². The van der Waals surface area contributed by atoms with Gasteiger partial charge >= 0.3 is 17.7 Å². The number of amides is 2. The zero-order valence-electron chi connectivity index (χ0n) is 26.2. The number of H-pyrrole nitrogens is 1. The quantitative estimate of drug-likeness (QED) is 0.147. The van der Waals surface area contributed by atoms with Gasteiger partial charge in [-0.25, -0.2) is 9.59 Å². The molecule has 0 aliphatic carbocycles. The maximum Gasteiger partial charge on any atom is 0.337 e. The average molecular weight is 658 g/mol. The van der Waals surface area contributed by atoms with Gasteiger partial charge in [-0.05, 0) is 31.6 Å². The molecule has 3 aromatic rings. The number of imidazole rings is 1. The molecule has 4 rings (SSSR count). The number of ether oxygens (including phenoxy) is 2. The number of hydrogen-bond acceptors (Lipinski definition) is 13. The first-order valence-electron chi connectivity index (χ1n) is 14.8. The van der Waals surface area contributed by atoms with Crippen LogP contribution in [0.2, 0.25) is 0 Å². The number of ketones is 1. The molecular weight excluding hydrogens is 618 g/mol. The molecule has 0 radical (unpaired) electrons. The number of anilines is 1. The molecule has 3 heterocycles. The van der Waals surface area contributed by atoms with Crippen molar-refractivity contribution in [1.82, 2.24) is 29.5 Å². The summed E-state index contributed by atoms with van der Waals surface area (Å²) in [6, 6.07) is 7.50. The third-order valence-corrected chi connectivity index (χ3v) is 8.31. The Bertz CT molecular complexity index is 1590. The number of nitrogen functional groups attached to an aromatic ring is 1. The Hall–Kier alpha value is -4.28. The fourth-order valence-electron chi connectivity index (χ4n) is 4.62. The summed E-state index contributed by atoms with van der Waals surface area (Å²) >= 11 is 1.51. The second kappa shape index (κ2) is 16.3. The zero-order chi connectivity index (χ0) is 33.2. The van der Waals surface area contributed by atoms with Crippen LogP contribution in [0.15, 0.2) is 29.1 Å². The first kappa shape index (κ1) is 34.6. The number of hydrogen-bond donors (Lipinski definition) is 2. The lowest BCUT2D eigenvalue weighted by atomic mass is 9.99. The van der Waals surface area contributed by atoms with Crippen LogP contribution in [-0.4, -0.2) is 106 Å². The lowest BCUT2D eigenvalue weighted by molar-refractivity contribution is -0.200. The Morgan fingerprint density at radius 2 is 1.76 bits per heavy atom. The van der Waals surface area contributed by atoms with Crippen LogP contribution in [0, 0.1) is 5.92 Å². The minimum Gasteiger partial charge on any atom is -0.461 e. The van der Waals surface area contributed by atoms with Crippen molar-refractivity contribution in [3.8, 4) is 6.01 Å². The predicted molar refractivity (Wildman–Crippen MR) is 170 cm³/mol. The van der Waals surface area contributed by atoms with Gasteiger partial charge in [0.05, 0.1) is 19.1 Å². The Kier molecular flexibility index (Phi) is 12.3. The Balaban J connectivity index is 1.35. The number of fused-ring (bicyclic) bond motifs is 1. The van der Waals surface area contributed by atoms with Crippen LogP contribution < -0.4 is 16.2 Å². The number of aryl methyl sites for hydroxylation is 1. The first-order valence-corrected chi connectivity index (χ1v) is 16.0. The van der Waals surface area contributed by atoms with Gasteiger partial charge in [-0.3, -0.25) is 19.0 Å². The van der Waals surface area contributed by atoms with Crippen LogP contribution in [0.3, 0.4) is 0 Å². The normalized spacial score (nSPS) is 14.0. The predicted octanol–water partition coefficient (Wildman–Crippen LogP) is 1.19. The number of carbonyl (C=O) groups excluding carboxylic acids is 4. The molecule has 1 aliphatic rings. The van der Waals surface area contributed by atoms with Gasteiger partial charge < -0.3 is 29.9 Å². The van der Waals surface area contributed by atoms with Gasteiger partial charge in [0.1, 0.15) is 17.9 Å². The van der Waals surface area contributed by atoms with Crippen LogP contribution in [0.5, 0.6) is 6.01 Å². The van der Waals surface area contributed by atoms with Gasteiger partial charge in [0.2, 0.25) is 0 Å². The number of aromatic amines is 1. The average Bonchev–Trinajstić information content (AvgIpc) is 3.51. The Morgan fingerprint density at radius 1 is 1.07 bits per heavy atom. The Labute approximate surface area is 269 Å². The van der Waals surface area contributed by atoms with E-state index in [1.54, 1.807) is 7.11 Å². The molecule has 1 atom stereocenters. The van der Waals surface area contributed by atoms with E-state index in [0.29, 0.717) is 35.0 Å². The lowest BCUT2D eigenvalue weighted by Gasteiger charge is -2.19. The van der Waals surface area contributed by atoms with Gasteiger partial charge in [-0.15, -0.1) is 5.06 Å². The van der Waals surface area contributed by atoms with E-state index in [0.717, 1.165) is 23.4 Å². The largest absolute Gasteiger partial charge is 0.461 e. The molecule has 1 saturated heterocycles. The van der Waals surface area contributed by atoms with Crippen LogP contribution in [0.1, 0.15) is 36.8 Å². The molecule has 248 valence electrons. The fourth-order valence-corrected chi connectivity index (χ4v) is 5.82. The van der Waals surface area contributed by atoms with Gasteiger partial charge in [0, 0.05) is 50.8 Å². The number of nitrogens with zero attached hydrogens (tertiary/aromatic N) is 5. The van der Waals surface area contributed by atoms with Gasteiger partial charge in [0.25, 0.3) is 11.8 Å². The van der Waals surface area contributed by atoms with E-state index in [9.17, 15) is 24.0 Å². The summed E-state index contributed by atoms with van der Waals surface area (Å²) in [5, 5.41) is 0.522. The molecule has 15 nitrogen and oxygen atoms in total. The molecule has 1 unspecified atom stereocenters. The van der Waals surface area contributed by atoms with Crippen molar-refractivity contribution >= 4 is 52.3 Å². The molecule has 3 N–H and O–H groups in total. The van der Waals surface area contributed by atoms with Crippen molar-refractivity contribution in [2.45, 2.75) is 38.6 Å². The number of thioether (sulfide) groups is 1. The van der Waals surface area contributed by atoms with Crippen LogP contribution >= 0.6 is 11.8 Å². The van der Waals surface area contributed by atoms with Crippen molar-refractivity contribution < 1.29 is 33.5 Å². The maximum atomic E-state index is 13.0. The monoisotopic (exact) mass is 657 g/mol. The third-order valence-electron chi connectivity index (χ3n) is 7.20. The van der Waals surface area contributed by atoms with E-state index in [-0.39, 0.29) is 56.4 Å². The molecule has 1 aliphatic heterocycles. The zero-order valence-corrected chi connectivity index (χ0v) is 27.0. The summed E-state index contributed by atoms with van der Waals surface area (Å²) in [5.74, 6) is -1.64. The minimum atomic E-state index is -0.790. The number of imide groups is 1. The molecule has 2 aromatic heterocycles. The van der Waals surface area contributed by atoms with E-state index in [1.165, 1.54) is 16.3 Å². The minimum absolute atomic E-state index is 0.00118. The summed E-state index contributed by atoms with van der Waals surface area (Å²) < 4.78 is 11.9. The molecule has 0 spiro atoms. The number of nitrogens with one attached hydrogen (secondary N) is 1. The molecule has 0 saturated carbocycles. The van der Waals surface area contributed by atoms with Gasteiger partial charge in [-0.1, -0.05) is 24.3 Å². The third kappa shape index (κ3) is 9.37. The van der Waals surface area contributed by atoms with Gasteiger partial charge in [0.15, 0.2) is 11.5 Å². The number of aromatic nitrogens is 4. The number of benzene rings is 1. The lowest BCUT2D eigenvalue weighted by Crippen LogP contribution is -2.36. The maximum absolute atomic E-state index is 13.0. The Morgan fingerprint density at radius 3 is 2.43 bits per heavy atom. The summed E-state index contributed by atoms with van der Waals surface area (Å²) in [7, 11) is 5.43. The number of nitrogens with two attached hydrogens (primary N) is 1. The summed E-state index contributed by atoms with van der Waals surface area (Å²) in [5.41, 5.74) is 7.97. The number of Topliss-reactive ketones (excluding diaryl/α,β-unsaturated/α-hetero) is 1. The number of rotatable bonds is 18. The molecule has 46 heavy (non-hydrogen) atoms. The van der Waals surface area contributed by atoms with E-state index < -0.39 is 29.4 Å². The van der Waals surface area contributed by atoms with E-state index in [2.05, 4.69) is 15.0 Å². The number of methoxy groups -OCH3 is 1. The second-order valence-electron chi connectivity index (χ2n) is 11.1. The van der Waals surface area contributed by atoms with Crippen LogP contribution in [0.4, 0.5) is 5.82 Å². The summed E-state index contributed by atoms with van der Waals surface area (Å²) in [6.07, 6.45) is 0.569. The highest BCUT2D eigenvalue weighted by atomic mass is 32.2. The molecule has 0 bridgehead atoms. The van der Waals surface area contributed by atoms with Crippen LogP contribution in [-0.2, 0) is 41.7 Å². The molecule has 16 heteroatoms. The smallest absolute Gasteiger partial charge is 0.337 e. The summed E-state index contributed by atoms with van der Waals surface area (Å²) in [6.45, 7) is 1.57. The van der Waals surface area contributed by atoms with Crippen molar-refractivity contribution in [3.63, 3.8) is 0 Å². The molecule has 1 aromatic carbocycles. The summed E-state index contributed by atoms with van der Waals surface area (Å²) in [4.78, 5) is 80.7. The standard InChI is InChI=1S/C30H39N7O8S/c1-35(2)12-15-46-18-21(28(41)45-37-23(39)10-11-24(37)40)16-22(38)9-8-19-4-6-20(7-5-19)17-36-27-25(32-30(36)42)26(31)33-29(34-27)44-14-13-43-3/h4-7,21H,8-18H2,1-3H3,(H,32,42)(H2,31,33,34). The number of hydroxylamine groups is 2. The van der Waals surface area contributed by atoms with Crippen LogP contribution in [0.25, 0.3) is 11.2 Å². The highest BCUT2D eigenvalue weighted by Crippen LogP contribution is 2.21. The SMILES string of the molecule is COCCOc1nc(N)c2[nH]c(=O)n(Cc3ccc(CCC(=O)CC(CSCCN(C)C)C(=O)ON4C(=O)CCC4=O)cc3)c2n1. The topological polar surface area (TPSA) is 192 Å². The second-order valence-corrected chi connectivity index (χ2v) is 12.2. The molecular formula is C30H39N7O8S. The van der Waals surface area contributed by atoms with E-state index in [4.69, 9.17) is 20.0 Å². The highest BCUT2D eigenvalue weighted by molar-refractivity contribution is 7.99. The van der Waals surface area contributed by atoms with E-state index in [1.807, 2.05) is 43.3 Å². The first-order chi connectivity index (χ1) is 22.0. The van der Waals surface area contributed by atoms with Gasteiger partial charge in [-0.2, -0.15) is 21.7 Å². The highest BCUT2D eigenvalue weighted by Gasteiger charge is 2.35.